The molecule has 0 bridgehead atoms. The van der Waals surface area contributed by atoms with Gasteiger partial charge in [0.15, 0.2) is 0 Å². The summed E-state index contributed by atoms with van der Waals surface area (Å²) >= 11 is 0. The van der Waals surface area contributed by atoms with Crippen molar-refractivity contribution in [2.75, 3.05) is 25.6 Å². The maximum atomic E-state index is 13.6. The SMILES string of the molecule is COCCNC(=O)Cc1ccc(-n2c(=O)c3ccccc3n(CC(=O)Nc3ccc(C)c(C)c3)c2=O)cc1. The number of hydrogen-bond acceptors (Lipinski definition) is 5. The van der Waals surface area contributed by atoms with Crippen molar-refractivity contribution >= 4 is 28.4 Å². The van der Waals surface area contributed by atoms with Crippen LogP contribution in [0, 0.1) is 13.8 Å². The van der Waals surface area contributed by atoms with Crippen LogP contribution < -0.4 is 21.9 Å². The Morgan fingerprint density at radius 2 is 1.63 bits per heavy atom. The van der Waals surface area contributed by atoms with Gasteiger partial charge in [0.05, 0.1) is 29.6 Å². The highest BCUT2D eigenvalue weighted by atomic mass is 16.5. The predicted octanol–water partition coefficient (Wildman–Crippen LogP) is 2.71. The number of aromatic nitrogens is 2. The molecule has 0 atom stereocenters. The lowest BCUT2D eigenvalue weighted by Gasteiger charge is -2.15. The summed E-state index contributed by atoms with van der Waals surface area (Å²) in [5.41, 5.74) is 3.10. The largest absolute Gasteiger partial charge is 0.383 e. The second kappa shape index (κ2) is 11.7. The first-order valence-electron chi connectivity index (χ1n) is 12.2. The minimum absolute atomic E-state index is 0.152. The van der Waals surface area contributed by atoms with E-state index in [0.29, 0.717) is 35.4 Å². The summed E-state index contributed by atoms with van der Waals surface area (Å²) in [6, 6.07) is 18.9. The molecule has 0 saturated carbocycles. The third-order valence-electron chi connectivity index (χ3n) is 6.33. The van der Waals surface area contributed by atoms with Gasteiger partial charge in [-0.1, -0.05) is 30.3 Å². The molecular formula is C29H30N4O5. The monoisotopic (exact) mass is 514 g/mol. The third kappa shape index (κ3) is 5.90. The first-order chi connectivity index (χ1) is 18.3. The Morgan fingerprint density at radius 1 is 0.895 bits per heavy atom. The molecule has 0 unspecified atom stereocenters. The molecule has 0 saturated heterocycles. The topological polar surface area (TPSA) is 111 Å². The standard InChI is InChI=1S/C29H30N4O5/c1-19-8-11-22(16-20(19)2)31-27(35)18-32-25-7-5-4-6-24(25)28(36)33(29(32)37)23-12-9-21(10-13-23)17-26(34)30-14-15-38-3/h4-13,16H,14-15,17-18H2,1-3H3,(H,30,34)(H,31,35). The summed E-state index contributed by atoms with van der Waals surface area (Å²) in [7, 11) is 1.56. The Bertz CT molecular complexity index is 1600. The summed E-state index contributed by atoms with van der Waals surface area (Å²) in [6.07, 6.45) is 0.152. The van der Waals surface area contributed by atoms with Crippen molar-refractivity contribution in [3.8, 4) is 5.69 Å². The van der Waals surface area contributed by atoms with Crippen LogP contribution in [0.25, 0.3) is 16.6 Å². The molecule has 3 aromatic carbocycles. The Hall–Kier alpha value is -4.50. The van der Waals surface area contributed by atoms with Crippen molar-refractivity contribution < 1.29 is 14.3 Å². The number of hydrogen-bond donors (Lipinski definition) is 2. The molecule has 0 radical (unpaired) electrons. The molecule has 4 rings (SSSR count). The van der Waals surface area contributed by atoms with Crippen molar-refractivity contribution in [3.63, 3.8) is 0 Å². The van der Waals surface area contributed by atoms with E-state index in [2.05, 4.69) is 10.6 Å². The molecule has 1 heterocycles. The zero-order chi connectivity index (χ0) is 27.2. The highest BCUT2D eigenvalue weighted by molar-refractivity contribution is 5.91. The van der Waals surface area contributed by atoms with E-state index in [1.54, 1.807) is 61.7 Å². The van der Waals surface area contributed by atoms with Gasteiger partial charge in [0.2, 0.25) is 11.8 Å². The highest BCUT2D eigenvalue weighted by Gasteiger charge is 2.17. The fourth-order valence-corrected chi connectivity index (χ4v) is 4.17. The van der Waals surface area contributed by atoms with Crippen LogP contribution in [0.15, 0.2) is 76.3 Å². The second-order valence-electron chi connectivity index (χ2n) is 9.06. The Labute approximate surface area is 219 Å². The molecule has 2 N–H and O–H groups in total. The van der Waals surface area contributed by atoms with Crippen LogP contribution in [-0.4, -0.2) is 41.2 Å². The normalized spacial score (nSPS) is 10.9. The van der Waals surface area contributed by atoms with Crippen LogP contribution >= 0.6 is 0 Å². The third-order valence-corrected chi connectivity index (χ3v) is 6.33. The summed E-state index contributed by atoms with van der Waals surface area (Å²) < 4.78 is 7.27. The minimum Gasteiger partial charge on any atom is -0.383 e. The maximum Gasteiger partial charge on any atom is 0.336 e. The number of anilines is 1. The average Bonchev–Trinajstić information content (AvgIpc) is 2.90. The van der Waals surface area contributed by atoms with Gasteiger partial charge < -0.3 is 15.4 Å². The molecule has 9 heteroatoms. The molecule has 0 fully saturated rings. The van der Waals surface area contributed by atoms with Gasteiger partial charge >= 0.3 is 5.69 Å². The summed E-state index contributed by atoms with van der Waals surface area (Å²) in [6.45, 7) is 4.51. The number of fused-ring (bicyclic) bond motifs is 1. The maximum absolute atomic E-state index is 13.6. The number of benzene rings is 3. The van der Waals surface area contributed by atoms with Crippen LogP contribution in [0.5, 0.6) is 0 Å². The van der Waals surface area contributed by atoms with Gasteiger partial charge in [0.1, 0.15) is 6.54 Å². The van der Waals surface area contributed by atoms with Gasteiger partial charge in [-0.15, -0.1) is 0 Å². The number of carbonyl (C=O) groups is 2. The van der Waals surface area contributed by atoms with E-state index >= 15 is 0 Å². The van der Waals surface area contributed by atoms with Crippen molar-refractivity contribution in [2.45, 2.75) is 26.8 Å². The van der Waals surface area contributed by atoms with Crippen LogP contribution in [0.1, 0.15) is 16.7 Å². The smallest absolute Gasteiger partial charge is 0.336 e. The number of nitrogens with one attached hydrogen (secondary N) is 2. The van der Waals surface area contributed by atoms with E-state index in [-0.39, 0.29) is 24.8 Å². The molecule has 9 nitrogen and oxygen atoms in total. The highest BCUT2D eigenvalue weighted by Crippen LogP contribution is 2.15. The predicted molar refractivity (Wildman–Crippen MR) is 147 cm³/mol. The number of rotatable bonds is 9. The number of carbonyl (C=O) groups excluding carboxylic acids is 2. The summed E-state index contributed by atoms with van der Waals surface area (Å²) in [4.78, 5) is 51.9. The van der Waals surface area contributed by atoms with E-state index in [0.717, 1.165) is 21.3 Å². The summed E-state index contributed by atoms with van der Waals surface area (Å²) in [5.74, 6) is -0.546. The molecule has 0 aliphatic heterocycles. The first kappa shape index (κ1) is 26.6. The lowest BCUT2D eigenvalue weighted by Crippen LogP contribution is -2.40. The first-order valence-corrected chi connectivity index (χ1v) is 12.2. The zero-order valence-electron chi connectivity index (χ0n) is 21.6. The molecule has 4 aromatic rings. The number of nitrogens with zero attached hydrogens (tertiary/aromatic N) is 2. The van der Waals surface area contributed by atoms with Gasteiger partial charge in [-0.05, 0) is 66.9 Å². The minimum atomic E-state index is -0.631. The van der Waals surface area contributed by atoms with E-state index in [1.807, 2.05) is 26.0 Å². The van der Waals surface area contributed by atoms with Gasteiger partial charge in [0.25, 0.3) is 5.56 Å². The van der Waals surface area contributed by atoms with Gasteiger partial charge in [-0.25, -0.2) is 9.36 Å². The molecule has 0 spiro atoms. The van der Waals surface area contributed by atoms with Crippen molar-refractivity contribution in [2.24, 2.45) is 0 Å². The van der Waals surface area contributed by atoms with Crippen molar-refractivity contribution in [1.82, 2.24) is 14.5 Å². The molecule has 2 amide bonds. The van der Waals surface area contributed by atoms with Crippen LogP contribution in [0.4, 0.5) is 5.69 Å². The summed E-state index contributed by atoms with van der Waals surface area (Å²) in [5, 5.41) is 5.90. The number of para-hydroxylation sites is 1. The Morgan fingerprint density at radius 3 is 2.34 bits per heavy atom. The van der Waals surface area contributed by atoms with E-state index in [9.17, 15) is 19.2 Å². The molecule has 1 aromatic heterocycles. The molecule has 196 valence electrons. The van der Waals surface area contributed by atoms with Crippen LogP contribution in [0.3, 0.4) is 0 Å². The number of methoxy groups -OCH3 is 1. The number of ether oxygens (including phenoxy) is 1. The van der Waals surface area contributed by atoms with Crippen LogP contribution in [0.2, 0.25) is 0 Å². The molecular weight excluding hydrogens is 484 g/mol. The van der Waals surface area contributed by atoms with Crippen molar-refractivity contribution in [1.29, 1.82) is 0 Å². The Kier molecular flexibility index (Phi) is 8.18. The van der Waals surface area contributed by atoms with E-state index < -0.39 is 11.2 Å². The molecule has 0 aliphatic rings. The number of aryl methyl sites for hydroxylation is 2. The fourth-order valence-electron chi connectivity index (χ4n) is 4.17. The lowest BCUT2D eigenvalue weighted by atomic mass is 10.1. The second-order valence-corrected chi connectivity index (χ2v) is 9.06. The fraction of sp³-hybridized carbons (Fsp3) is 0.241. The number of amides is 2. The quantitative estimate of drug-likeness (QED) is 0.334. The molecule has 0 aliphatic carbocycles. The van der Waals surface area contributed by atoms with Crippen molar-refractivity contribution in [3.05, 3.63) is 104 Å². The zero-order valence-corrected chi connectivity index (χ0v) is 21.6. The van der Waals surface area contributed by atoms with E-state index in [4.69, 9.17) is 4.74 Å². The molecule has 38 heavy (non-hydrogen) atoms. The lowest BCUT2D eigenvalue weighted by molar-refractivity contribution is -0.120. The average molecular weight is 515 g/mol. The van der Waals surface area contributed by atoms with Gasteiger partial charge in [0, 0.05) is 19.3 Å². The Balaban J connectivity index is 1.65. The van der Waals surface area contributed by atoms with Crippen LogP contribution in [-0.2, 0) is 27.3 Å². The van der Waals surface area contributed by atoms with Gasteiger partial charge in [-0.2, -0.15) is 0 Å². The van der Waals surface area contributed by atoms with E-state index in [1.165, 1.54) is 4.57 Å². The van der Waals surface area contributed by atoms with Gasteiger partial charge in [-0.3, -0.25) is 19.0 Å².